The molecule has 0 bridgehead atoms. The van der Waals surface area contributed by atoms with Gasteiger partial charge >= 0.3 is 0 Å². The van der Waals surface area contributed by atoms with E-state index in [0.29, 0.717) is 12.5 Å². The minimum absolute atomic E-state index is 0.602. The standard InChI is InChI=1S/C22H24O/c1-3-7-17(2)18-12-14-21(15-13-18)23-16-20-10-6-9-19-8-4-5-11-22(19)20/h4-6,8-15,17H,3,7,16H2,1-2H3. The Kier molecular flexibility index (Phi) is 4.97. The van der Waals surface area contributed by atoms with Gasteiger partial charge in [-0.05, 0) is 46.4 Å². The van der Waals surface area contributed by atoms with Gasteiger partial charge in [-0.1, -0.05) is 74.9 Å². The SMILES string of the molecule is CCCC(C)c1ccc(OCc2cccc3ccccc23)cc1. The average Bonchev–Trinajstić information content (AvgIpc) is 2.60. The lowest BCUT2D eigenvalue weighted by Gasteiger charge is -2.12. The summed E-state index contributed by atoms with van der Waals surface area (Å²) in [6.07, 6.45) is 2.46. The van der Waals surface area contributed by atoms with E-state index in [0.717, 1.165) is 5.75 Å². The van der Waals surface area contributed by atoms with E-state index in [1.54, 1.807) is 0 Å². The largest absolute Gasteiger partial charge is 0.489 e. The maximum absolute atomic E-state index is 5.99. The normalized spacial score (nSPS) is 12.3. The third-order valence-corrected chi connectivity index (χ3v) is 4.45. The lowest BCUT2D eigenvalue weighted by atomic mass is 9.97. The van der Waals surface area contributed by atoms with Gasteiger partial charge in [0.25, 0.3) is 0 Å². The topological polar surface area (TPSA) is 9.23 Å². The number of benzene rings is 3. The van der Waals surface area contributed by atoms with Gasteiger partial charge < -0.3 is 4.74 Å². The lowest BCUT2D eigenvalue weighted by molar-refractivity contribution is 0.307. The van der Waals surface area contributed by atoms with Gasteiger partial charge in [0.2, 0.25) is 0 Å². The first-order valence-corrected chi connectivity index (χ1v) is 8.47. The second-order valence-electron chi connectivity index (χ2n) is 6.19. The summed E-state index contributed by atoms with van der Waals surface area (Å²) in [6.45, 7) is 5.12. The van der Waals surface area contributed by atoms with E-state index in [1.807, 2.05) is 0 Å². The van der Waals surface area contributed by atoms with E-state index in [1.165, 1.54) is 34.7 Å². The van der Waals surface area contributed by atoms with Crippen LogP contribution in [0.1, 0.15) is 43.7 Å². The van der Waals surface area contributed by atoms with Crippen LogP contribution < -0.4 is 4.74 Å². The molecular weight excluding hydrogens is 280 g/mol. The summed E-state index contributed by atoms with van der Waals surface area (Å²) in [4.78, 5) is 0. The van der Waals surface area contributed by atoms with Crippen LogP contribution in [0.25, 0.3) is 10.8 Å². The second-order valence-corrected chi connectivity index (χ2v) is 6.19. The molecule has 0 heterocycles. The van der Waals surface area contributed by atoms with Crippen molar-refractivity contribution in [2.75, 3.05) is 0 Å². The Hall–Kier alpha value is -2.28. The number of fused-ring (bicyclic) bond motifs is 1. The minimum atomic E-state index is 0.602. The Morgan fingerprint density at radius 3 is 2.39 bits per heavy atom. The van der Waals surface area contributed by atoms with Crippen molar-refractivity contribution >= 4 is 10.8 Å². The summed E-state index contributed by atoms with van der Waals surface area (Å²) in [7, 11) is 0. The average molecular weight is 304 g/mol. The van der Waals surface area contributed by atoms with Crippen molar-refractivity contribution in [2.24, 2.45) is 0 Å². The third-order valence-electron chi connectivity index (χ3n) is 4.45. The maximum Gasteiger partial charge on any atom is 0.119 e. The number of hydrogen-bond acceptors (Lipinski definition) is 1. The predicted molar refractivity (Wildman–Crippen MR) is 98.0 cm³/mol. The molecule has 1 heteroatoms. The van der Waals surface area contributed by atoms with Crippen LogP contribution in [0.3, 0.4) is 0 Å². The van der Waals surface area contributed by atoms with E-state index in [9.17, 15) is 0 Å². The van der Waals surface area contributed by atoms with Crippen molar-refractivity contribution in [1.82, 2.24) is 0 Å². The molecule has 0 saturated heterocycles. The molecule has 23 heavy (non-hydrogen) atoms. The third kappa shape index (κ3) is 3.73. The first kappa shape index (κ1) is 15.6. The van der Waals surface area contributed by atoms with Crippen LogP contribution in [-0.4, -0.2) is 0 Å². The molecule has 1 nitrogen and oxygen atoms in total. The lowest BCUT2D eigenvalue weighted by Crippen LogP contribution is -1.97. The van der Waals surface area contributed by atoms with E-state index >= 15 is 0 Å². The van der Waals surface area contributed by atoms with E-state index < -0.39 is 0 Å². The molecular formula is C22H24O. The number of rotatable bonds is 6. The van der Waals surface area contributed by atoms with Gasteiger partial charge in [0.1, 0.15) is 12.4 Å². The van der Waals surface area contributed by atoms with Gasteiger partial charge in [0.05, 0.1) is 0 Å². The van der Waals surface area contributed by atoms with E-state index in [4.69, 9.17) is 4.74 Å². The highest BCUT2D eigenvalue weighted by atomic mass is 16.5. The molecule has 0 amide bonds. The summed E-state index contributed by atoms with van der Waals surface area (Å²) in [5, 5.41) is 2.53. The Bertz CT molecular complexity index is 753. The Morgan fingerprint density at radius 1 is 0.870 bits per heavy atom. The molecule has 0 N–H and O–H groups in total. The predicted octanol–water partition coefficient (Wildman–Crippen LogP) is 6.32. The molecule has 1 atom stereocenters. The zero-order valence-corrected chi connectivity index (χ0v) is 14.0. The maximum atomic E-state index is 5.99. The van der Waals surface area contributed by atoms with Crippen LogP contribution in [0.5, 0.6) is 5.75 Å². The zero-order chi connectivity index (χ0) is 16.1. The fourth-order valence-corrected chi connectivity index (χ4v) is 3.07. The Morgan fingerprint density at radius 2 is 1.61 bits per heavy atom. The molecule has 0 aromatic heterocycles. The van der Waals surface area contributed by atoms with E-state index in [2.05, 4.69) is 80.6 Å². The molecule has 0 aliphatic rings. The molecule has 0 spiro atoms. The molecule has 3 aromatic carbocycles. The summed E-state index contributed by atoms with van der Waals surface area (Å²) >= 11 is 0. The first-order valence-electron chi connectivity index (χ1n) is 8.47. The van der Waals surface area contributed by atoms with Crippen LogP contribution in [0, 0.1) is 0 Å². The van der Waals surface area contributed by atoms with Gasteiger partial charge in [0.15, 0.2) is 0 Å². The van der Waals surface area contributed by atoms with Gasteiger partial charge in [-0.3, -0.25) is 0 Å². The van der Waals surface area contributed by atoms with Crippen molar-refractivity contribution in [1.29, 1.82) is 0 Å². The zero-order valence-electron chi connectivity index (χ0n) is 14.0. The van der Waals surface area contributed by atoms with Crippen LogP contribution in [0.2, 0.25) is 0 Å². The second kappa shape index (κ2) is 7.32. The van der Waals surface area contributed by atoms with Crippen molar-refractivity contribution in [3.8, 4) is 5.75 Å². The van der Waals surface area contributed by atoms with Gasteiger partial charge in [0, 0.05) is 0 Å². The molecule has 0 aliphatic carbocycles. The Balaban J connectivity index is 1.70. The van der Waals surface area contributed by atoms with Gasteiger partial charge in [-0.15, -0.1) is 0 Å². The monoisotopic (exact) mass is 304 g/mol. The molecule has 0 fully saturated rings. The van der Waals surface area contributed by atoms with Crippen LogP contribution in [0.15, 0.2) is 66.7 Å². The fourth-order valence-electron chi connectivity index (χ4n) is 3.07. The number of ether oxygens (including phenoxy) is 1. The summed E-state index contributed by atoms with van der Waals surface area (Å²) in [6, 6.07) is 23.4. The smallest absolute Gasteiger partial charge is 0.119 e. The highest BCUT2D eigenvalue weighted by Gasteiger charge is 2.05. The van der Waals surface area contributed by atoms with Crippen molar-refractivity contribution in [3.63, 3.8) is 0 Å². The van der Waals surface area contributed by atoms with Gasteiger partial charge in [-0.2, -0.15) is 0 Å². The quantitative estimate of drug-likeness (QED) is 0.517. The highest BCUT2D eigenvalue weighted by Crippen LogP contribution is 2.24. The molecule has 118 valence electrons. The summed E-state index contributed by atoms with van der Waals surface area (Å²) in [5.74, 6) is 1.55. The van der Waals surface area contributed by atoms with Crippen molar-refractivity contribution in [2.45, 2.75) is 39.2 Å². The molecule has 0 saturated carbocycles. The number of hydrogen-bond donors (Lipinski definition) is 0. The highest BCUT2D eigenvalue weighted by molar-refractivity contribution is 5.85. The summed E-state index contributed by atoms with van der Waals surface area (Å²) in [5.41, 5.74) is 2.62. The molecule has 3 aromatic rings. The molecule has 1 unspecified atom stereocenters. The minimum Gasteiger partial charge on any atom is -0.489 e. The fraction of sp³-hybridized carbons (Fsp3) is 0.273. The summed E-state index contributed by atoms with van der Waals surface area (Å²) < 4.78 is 5.99. The molecule has 0 radical (unpaired) electrons. The van der Waals surface area contributed by atoms with Crippen molar-refractivity contribution in [3.05, 3.63) is 77.9 Å². The van der Waals surface area contributed by atoms with Crippen molar-refractivity contribution < 1.29 is 4.74 Å². The van der Waals surface area contributed by atoms with Gasteiger partial charge in [-0.25, -0.2) is 0 Å². The van der Waals surface area contributed by atoms with Crippen LogP contribution in [0.4, 0.5) is 0 Å². The molecule has 3 rings (SSSR count). The first-order chi connectivity index (χ1) is 11.3. The van der Waals surface area contributed by atoms with Crippen LogP contribution >= 0.6 is 0 Å². The molecule has 0 aliphatic heterocycles. The van der Waals surface area contributed by atoms with Crippen LogP contribution in [-0.2, 0) is 6.61 Å². The Labute approximate surface area is 138 Å². The van der Waals surface area contributed by atoms with E-state index in [-0.39, 0.29) is 0 Å².